The van der Waals surface area contributed by atoms with Crippen LogP contribution in [-0.2, 0) is 6.54 Å². The molecule has 0 atom stereocenters. The van der Waals surface area contributed by atoms with Gasteiger partial charge in [0.2, 0.25) is 0 Å². The normalized spacial score (nSPS) is 10.8. The number of aryl methyl sites for hydroxylation is 2. The molecule has 98 valence electrons. The van der Waals surface area contributed by atoms with E-state index in [9.17, 15) is 0 Å². The standard InChI is InChI=1S/C13H13N3O2S/c1-8-5-11(9(2)17-8)12-15-16-13(18-12)14-6-10-3-4-19-7-10/h3-5,7H,6H2,1-2H3,(H,14,16). The molecule has 0 aliphatic carbocycles. The van der Waals surface area contributed by atoms with Gasteiger partial charge in [0.15, 0.2) is 0 Å². The molecule has 5 nitrogen and oxygen atoms in total. The second-order valence-corrected chi connectivity index (χ2v) is 5.00. The van der Waals surface area contributed by atoms with Crippen LogP contribution in [0, 0.1) is 13.8 Å². The van der Waals surface area contributed by atoms with Gasteiger partial charge in [-0.3, -0.25) is 0 Å². The van der Waals surface area contributed by atoms with Crippen molar-refractivity contribution in [3.05, 3.63) is 40.0 Å². The van der Waals surface area contributed by atoms with Gasteiger partial charge in [0.05, 0.1) is 5.56 Å². The Morgan fingerprint density at radius 2 is 2.16 bits per heavy atom. The number of nitrogens with zero attached hydrogens (tertiary/aromatic N) is 2. The lowest BCUT2D eigenvalue weighted by Crippen LogP contribution is -1.97. The molecule has 19 heavy (non-hydrogen) atoms. The number of anilines is 1. The zero-order valence-corrected chi connectivity index (χ0v) is 11.5. The van der Waals surface area contributed by atoms with Crippen LogP contribution in [0.4, 0.5) is 6.01 Å². The highest BCUT2D eigenvalue weighted by Gasteiger charge is 2.14. The molecule has 0 aliphatic heterocycles. The SMILES string of the molecule is Cc1cc(-c2nnc(NCc3ccsc3)o2)c(C)o1. The van der Waals surface area contributed by atoms with E-state index in [0.717, 1.165) is 17.1 Å². The highest BCUT2D eigenvalue weighted by Crippen LogP contribution is 2.26. The van der Waals surface area contributed by atoms with E-state index in [2.05, 4.69) is 27.0 Å². The Labute approximate surface area is 114 Å². The summed E-state index contributed by atoms with van der Waals surface area (Å²) in [6.07, 6.45) is 0. The molecular weight excluding hydrogens is 262 g/mol. The first-order valence-electron chi connectivity index (χ1n) is 5.88. The lowest BCUT2D eigenvalue weighted by Gasteiger charge is -1.97. The molecule has 0 aliphatic rings. The summed E-state index contributed by atoms with van der Waals surface area (Å²) in [5.74, 6) is 2.09. The van der Waals surface area contributed by atoms with Crippen molar-refractivity contribution in [1.29, 1.82) is 0 Å². The molecule has 0 radical (unpaired) electrons. The zero-order chi connectivity index (χ0) is 13.2. The van der Waals surface area contributed by atoms with Gasteiger partial charge in [0, 0.05) is 6.54 Å². The largest absolute Gasteiger partial charge is 0.466 e. The first kappa shape index (κ1) is 12.0. The van der Waals surface area contributed by atoms with Gasteiger partial charge < -0.3 is 14.2 Å². The molecule has 6 heteroatoms. The summed E-state index contributed by atoms with van der Waals surface area (Å²) >= 11 is 1.66. The Hall–Kier alpha value is -2.08. The maximum absolute atomic E-state index is 5.57. The Kier molecular flexibility index (Phi) is 3.08. The molecule has 0 aromatic carbocycles. The van der Waals surface area contributed by atoms with Crippen LogP contribution in [0.1, 0.15) is 17.1 Å². The number of aromatic nitrogens is 2. The summed E-state index contributed by atoms with van der Waals surface area (Å²) in [6.45, 7) is 4.45. The Morgan fingerprint density at radius 3 is 2.84 bits per heavy atom. The number of rotatable bonds is 4. The highest BCUT2D eigenvalue weighted by atomic mass is 32.1. The average Bonchev–Trinajstić information content (AvgIpc) is 3.08. The van der Waals surface area contributed by atoms with E-state index >= 15 is 0 Å². The third-order valence-electron chi connectivity index (χ3n) is 2.72. The van der Waals surface area contributed by atoms with Crippen LogP contribution in [0.15, 0.2) is 31.7 Å². The maximum Gasteiger partial charge on any atom is 0.316 e. The van der Waals surface area contributed by atoms with Gasteiger partial charge in [-0.15, -0.1) is 5.10 Å². The van der Waals surface area contributed by atoms with Crippen molar-refractivity contribution in [1.82, 2.24) is 10.2 Å². The third-order valence-corrected chi connectivity index (χ3v) is 3.45. The molecule has 3 aromatic rings. The molecule has 3 rings (SSSR count). The minimum absolute atomic E-state index is 0.416. The fraction of sp³-hybridized carbons (Fsp3) is 0.231. The van der Waals surface area contributed by atoms with Crippen molar-refractivity contribution < 1.29 is 8.83 Å². The smallest absolute Gasteiger partial charge is 0.316 e. The molecule has 0 fully saturated rings. The molecule has 0 saturated heterocycles. The quantitative estimate of drug-likeness (QED) is 0.787. The summed E-state index contributed by atoms with van der Waals surface area (Å²) in [4.78, 5) is 0. The van der Waals surface area contributed by atoms with Crippen LogP contribution in [0.5, 0.6) is 0 Å². The second-order valence-electron chi connectivity index (χ2n) is 4.22. The van der Waals surface area contributed by atoms with E-state index in [4.69, 9.17) is 8.83 Å². The van der Waals surface area contributed by atoms with E-state index in [0.29, 0.717) is 18.5 Å². The Bertz CT molecular complexity index is 670. The second kappa shape index (κ2) is 4.89. The number of hydrogen-bond acceptors (Lipinski definition) is 6. The number of hydrogen-bond donors (Lipinski definition) is 1. The molecule has 0 bridgehead atoms. The highest BCUT2D eigenvalue weighted by molar-refractivity contribution is 7.07. The van der Waals surface area contributed by atoms with Crippen molar-refractivity contribution in [2.24, 2.45) is 0 Å². The number of furan rings is 1. The van der Waals surface area contributed by atoms with Crippen LogP contribution < -0.4 is 5.32 Å². The first-order valence-corrected chi connectivity index (χ1v) is 6.82. The zero-order valence-electron chi connectivity index (χ0n) is 10.6. The third kappa shape index (κ3) is 2.53. The first-order chi connectivity index (χ1) is 9.22. The van der Waals surface area contributed by atoms with Gasteiger partial charge in [0.25, 0.3) is 5.89 Å². The van der Waals surface area contributed by atoms with Gasteiger partial charge >= 0.3 is 6.01 Å². The molecule has 0 saturated carbocycles. The maximum atomic E-state index is 5.57. The summed E-state index contributed by atoms with van der Waals surface area (Å²) in [5, 5.41) is 15.2. The molecule has 1 N–H and O–H groups in total. The van der Waals surface area contributed by atoms with Gasteiger partial charge in [-0.05, 0) is 42.3 Å². The van der Waals surface area contributed by atoms with E-state index < -0.39 is 0 Å². The molecule has 3 heterocycles. The van der Waals surface area contributed by atoms with E-state index in [1.807, 2.05) is 25.3 Å². The Morgan fingerprint density at radius 1 is 1.26 bits per heavy atom. The van der Waals surface area contributed by atoms with E-state index in [1.54, 1.807) is 11.3 Å². The topological polar surface area (TPSA) is 64.1 Å². The van der Waals surface area contributed by atoms with Crippen LogP contribution in [0.3, 0.4) is 0 Å². The van der Waals surface area contributed by atoms with Crippen molar-refractivity contribution in [3.8, 4) is 11.5 Å². The van der Waals surface area contributed by atoms with Crippen LogP contribution in [0.2, 0.25) is 0 Å². The molecule has 0 unspecified atom stereocenters. The summed E-state index contributed by atoms with van der Waals surface area (Å²) in [5.41, 5.74) is 2.04. The predicted octanol–water partition coefficient (Wildman–Crippen LogP) is 3.62. The fourth-order valence-corrected chi connectivity index (χ4v) is 2.49. The van der Waals surface area contributed by atoms with Gasteiger partial charge in [-0.2, -0.15) is 11.3 Å². The van der Waals surface area contributed by atoms with Crippen LogP contribution >= 0.6 is 11.3 Å². The lowest BCUT2D eigenvalue weighted by molar-refractivity contribution is 0.503. The summed E-state index contributed by atoms with van der Waals surface area (Å²) in [6, 6.07) is 4.36. The fourth-order valence-electron chi connectivity index (χ4n) is 1.82. The van der Waals surface area contributed by atoms with Crippen molar-refractivity contribution >= 4 is 17.4 Å². The van der Waals surface area contributed by atoms with Crippen molar-refractivity contribution in [2.75, 3.05) is 5.32 Å². The minimum atomic E-state index is 0.416. The number of thiophene rings is 1. The monoisotopic (exact) mass is 275 g/mol. The summed E-state index contributed by atoms with van der Waals surface area (Å²) < 4.78 is 11.0. The minimum Gasteiger partial charge on any atom is -0.466 e. The van der Waals surface area contributed by atoms with Crippen molar-refractivity contribution in [2.45, 2.75) is 20.4 Å². The van der Waals surface area contributed by atoms with E-state index in [1.165, 1.54) is 5.56 Å². The van der Waals surface area contributed by atoms with Gasteiger partial charge in [-0.1, -0.05) is 5.10 Å². The van der Waals surface area contributed by atoms with Crippen LogP contribution in [0.25, 0.3) is 11.5 Å². The Balaban J connectivity index is 1.74. The van der Waals surface area contributed by atoms with Crippen LogP contribution in [-0.4, -0.2) is 10.2 Å². The molecule has 3 aromatic heterocycles. The van der Waals surface area contributed by atoms with Crippen molar-refractivity contribution in [3.63, 3.8) is 0 Å². The van der Waals surface area contributed by atoms with Gasteiger partial charge in [-0.25, -0.2) is 0 Å². The van der Waals surface area contributed by atoms with Gasteiger partial charge in [0.1, 0.15) is 11.5 Å². The number of nitrogens with one attached hydrogen (secondary N) is 1. The molecular formula is C13H13N3O2S. The predicted molar refractivity (Wildman–Crippen MR) is 73.1 cm³/mol. The molecule has 0 amide bonds. The molecule has 0 spiro atoms. The summed E-state index contributed by atoms with van der Waals surface area (Å²) in [7, 11) is 0. The van der Waals surface area contributed by atoms with E-state index in [-0.39, 0.29) is 0 Å². The lowest BCUT2D eigenvalue weighted by atomic mass is 10.2. The average molecular weight is 275 g/mol.